The lowest BCUT2D eigenvalue weighted by Gasteiger charge is -2.19. The first-order valence-corrected chi connectivity index (χ1v) is 9.26. The normalized spacial score (nSPS) is 13.3. The standard InChI is InChI=1S/C19H20N4O.C2H6/c1-24-15-10-8-14(9-11-15)20-19-21-17-7-3-2-6-16(17)18(22-19)23-12-4-5-13-23;1-2/h2-3,6-11H,4-5,12-13H2,1H3,(H,20,21,22);1-2H3. The molecule has 3 aromatic rings. The van der Waals surface area contributed by atoms with Crippen LogP contribution in [0.1, 0.15) is 26.7 Å². The summed E-state index contributed by atoms with van der Waals surface area (Å²) >= 11 is 0. The monoisotopic (exact) mass is 350 g/mol. The Morgan fingerprint density at radius 1 is 0.923 bits per heavy atom. The summed E-state index contributed by atoms with van der Waals surface area (Å²) in [7, 11) is 1.66. The molecule has 1 aliphatic heterocycles. The highest BCUT2D eigenvalue weighted by atomic mass is 16.5. The summed E-state index contributed by atoms with van der Waals surface area (Å²) in [6.07, 6.45) is 2.44. The number of benzene rings is 2. The van der Waals surface area contributed by atoms with E-state index in [1.807, 2.05) is 56.3 Å². The third-order valence-electron chi connectivity index (χ3n) is 4.33. The number of para-hydroxylation sites is 1. The van der Waals surface area contributed by atoms with Crippen LogP contribution in [0.15, 0.2) is 48.5 Å². The van der Waals surface area contributed by atoms with Gasteiger partial charge in [-0.15, -0.1) is 0 Å². The summed E-state index contributed by atoms with van der Waals surface area (Å²) in [6.45, 7) is 6.12. The van der Waals surface area contributed by atoms with Crippen LogP contribution in [0.5, 0.6) is 5.75 Å². The molecule has 0 bridgehead atoms. The molecule has 5 heteroatoms. The van der Waals surface area contributed by atoms with Gasteiger partial charge in [0.2, 0.25) is 5.95 Å². The maximum Gasteiger partial charge on any atom is 0.229 e. The number of anilines is 3. The first-order chi connectivity index (χ1) is 12.8. The van der Waals surface area contributed by atoms with E-state index in [2.05, 4.69) is 21.3 Å². The van der Waals surface area contributed by atoms with Gasteiger partial charge in [0.1, 0.15) is 11.6 Å². The number of aromatic nitrogens is 2. The fourth-order valence-electron chi connectivity index (χ4n) is 3.09. The quantitative estimate of drug-likeness (QED) is 0.717. The lowest BCUT2D eigenvalue weighted by atomic mass is 10.2. The molecule has 1 N–H and O–H groups in total. The minimum absolute atomic E-state index is 0.626. The zero-order chi connectivity index (χ0) is 18.4. The number of methoxy groups -OCH3 is 1. The molecule has 0 aliphatic carbocycles. The molecule has 1 fully saturated rings. The molecule has 136 valence electrons. The molecule has 0 radical (unpaired) electrons. The van der Waals surface area contributed by atoms with E-state index < -0.39 is 0 Å². The van der Waals surface area contributed by atoms with Gasteiger partial charge in [0.15, 0.2) is 0 Å². The molecule has 4 rings (SSSR count). The van der Waals surface area contributed by atoms with E-state index in [0.29, 0.717) is 5.95 Å². The molecular weight excluding hydrogens is 324 g/mol. The molecule has 0 saturated carbocycles. The molecule has 0 spiro atoms. The minimum atomic E-state index is 0.626. The van der Waals surface area contributed by atoms with Crippen LogP contribution in [0.4, 0.5) is 17.5 Å². The zero-order valence-corrected chi connectivity index (χ0v) is 15.7. The summed E-state index contributed by atoms with van der Waals surface area (Å²) in [4.78, 5) is 11.8. The Bertz CT molecular complexity index is 842. The van der Waals surface area contributed by atoms with Crippen molar-refractivity contribution in [2.24, 2.45) is 0 Å². The Labute approximate surface area is 155 Å². The molecule has 0 unspecified atom stereocenters. The average Bonchev–Trinajstić information content (AvgIpc) is 3.24. The summed E-state index contributed by atoms with van der Waals surface area (Å²) < 4.78 is 5.20. The summed E-state index contributed by atoms with van der Waals surface area (Å²) in [5.41, 5.74) is 1.91. The topological polar surface area (TPSA) is 50.3 Å². The van der Waals surface area contributed by atoms with Crippen LogP contribution in [0, 0.1) is 0 Å². The van der Waals surface area contributed by atoms with E-state index in [-0.39, 0.29) is 0 Å². The Hall–Kier alpha value is -2.82. The molecule has 2 heterocycles. The van der Waals surface area contributed by atoms with Gasteiger partial charge >= 0.3 is 0 Å². The SMILES string of the molecule is CC.COc1ccc(Nc2nc(N3CCCC3)c3ccccc3n2)cc1. The van der Waals surface area contributed by atoms with E-state index in [1.54, 1.807) is 7.11 Å². The molecule has 0 amide bonds. The van der Waals surface area contributed by atoms with Crippen LogP contribution in [0.2, 0.25) is 0 Å². The molecular formula is C21H26N4O. The summed E-state index contributed by atoms with van der Waals surface area (Å²) in [5, 5.41) is 4.42. The first kappa shape index (κ1) is 18.0. The van der Waals surface area contributed by atoms with Crippen LogP contribution in [0.25, 0.3) is 10.9 Å². The fourth-order valence-corrected chi connectivity index (χ4v) is 3.09. The van der Waals surface area contributed by atoms with Gasteiger partial charge in [-0.2, -0.15) is 4.98 Å². The third-order valence-corrected chi connectivity index (χ3v) is 4.33. The van der Waals surface area contributed by atoms with Crippen LogP contribution in [0.3, 0.4) is 0 Å². The molecule has 1 aromatic heterocycles. The number of hydrogen-bond donors (Lipinski definition) is 1. The Kier molecular flexibility index (Phi) is 5.89. The second-order valence-corrected chi connectivity index (χ2v) is 5.94. The van der Waals surface area contributed by atoms with Crippen molar-refractivity contribution in [1.29, 1.82) is 0 Å². The third kappa shape index (κ3) is 3.87. The predicted octanol–water partition coefficient (Wildman–Crippen LogP) is 5.01. The second kappa shape index (κ2) is 8.52. The van der Waals surface area contributed by atoms with Crippen molar-refractivity contribution in [2.45, 2.75) is 26.7 Å². The smallest absolute Gasteiger partial charge is 0.229 e. The molecule has 5 nitrogen and oxygen atoms in total. The number of ether oxygens (including phenoxy) is 1. The number of fused-ring (bicyclic) bond motifs is 1. The average molecular weight is 350 g/mol. The molecule has 26 heavy (non-hydrogen) atoms. The number of hydrogen-bond acceptors (Lipinski definition) is 5. The lowest BCUT2D eigenvalue weighted by molar-refractivity contribution is 0.415. The predicted molar refractivity (Wildman–Crippen MR) is 109 cm³/mol. The van der Waals surface area contributed by atoms with Crippen molar-refractivity contribution in [1.82, 2.24) is 9.97 Å². The molecule has 1 aliphatic rings. The summed E-state index contributed by atoms with van der Waals surface area (Å²) in [5.74, 6) is 2.48. The van der Waals surface area contributed by atoms with Crippen molar-refractivity contribution >= 4 is 28.4 Å². The summed E-state index contributed by atoms with van der Waals surface area (Å²) in [6, 6.07) is 16.0. The van der Waals surface area contributed by atoms with Crippen LogP contribution in [-0.2, 0) is 0 Å². The van der Waals surface area contributed by atoms with Gasteiger partial charge in [-0.1, -0.05) is 26.0 Å². The number of nitrogens with zero attached hydrogens (tertiary/aromatic N) is 3. The fraction of sp³-hybridized carbons (Fsp3) is 0.333. The van der Waals surface area contributed by atoms with Gasteiger partial charge in [-0.3, -0.25) is 0 Å². The van der Waals surface area contributed by atoms with Crippen molar-refractivity contribution in [3.8, 4) is 5.75 Å². The van der Waals surface area contributed by atoms with Crippen molar-refractivity contribution in [2.75, 3.05) is 30.4 Å². The first-order valence-electron chi connectivity index (χ1n) is 9.26. The van der Waals surface area contributed by atoms with Crippen molar-refractivity contribution in [3.63, 3.8) is 0 Å². The van der Waals surface area contributed by atoms with Gasteiger partial charge in [0.05, 0.1) is 12.6 Å². The van der Waals surface area contributed by atoms with Crippen LogP contribution < -0.4 is 15.0 Å². The second-order valence-electron chi connectivity index (χ2n) is 5.94. The van der Waals surface area contributed by atoms with E-state index in [9.17, 15) is 0 Å². The Morgan fingerprint density at radius 3 is 2.31 bits per heavy atom. The molecule has 2 aromatic carbocycles. The van der Waals surface area contributed by atoms with Crippen molar-refractivity contribution < 1.29 is 4.74 Å². The lowest BCUT2D eigenvalue weighted by Crippen LogP contribution is -2.20. The minimum Gasteiger partial charge on any atom is -0.497 e. The van der Waals surface area contributed by atoms with E-state index in [4.69, 9.17) is 9.72 Å². The van der Waals surface area contributed by atoms with Gasteiger partial charge in [-0.05, 0) is 49.2 Å². The zero-order valence-electron chi connectivity index (χ0n) is 15.7. The molecule has 0 atom stereocenters. The Balaban J connectivity index is 0.000000948. The highest BCUT2D eigenvalue weighted by Crippen LogP contribution is 2.29. The maximum absolute atomic E-state index is 5.20. The van der Waals surface area contributed by atoms with Gasteiger partial charge < -0.3 is 15.0 Å². The maximum atomic E-state index is 5.20. The van der Waals surface area contributed by atoms with E-state index in [0.717, 1.165) is 41.2 Å². The highest BCUT2D eigenvalue weighted by molar-refractivity contribution is 5.90. The molecule has 1 saturated heterocycles. The van der Waals surface area contributed by atoms with E-state index in [1.165, 1.54) is 12.8 Å². The number of nitrogens with one attached hydrogen (secondary N) is 1. The van der Waals surface area contributed by atoms with Crippen LogP contribution >= 0.6 is 0 Å². The van der Waals surface area contributed by atoms with Crippen LogP contribution in [-0.4, -0.2) is 30.2 Å². The van der Waals surface area contributed by atoms with E-state index >= 15 is 0 Å². The van der Waals surface area contributed by atoms with Gasteiger partial charge in [0, 0.05) is 24.2 Å². The highest BCUT2D eigenvalue weighted by Gasteiger charge is 2.18. The van der Waals surface area contributed by atoms with Crippen molar-refractivity contribution in [3.05, 3.63) is 48.5 Å². The Morgan fingerprint density at radius 2 is 1.62 bits per heavy atom. The van der Waals surface area contributed by atoms with Gasteiger partial charge in [0.25, 0.3) is 0 Å². The number of rotatable bonds is 4. The largest absolute Gasteiger partial charge is 0.497 e. The van der Waals surface area contributed by atoms with Gasteiger partial charge in [-0.25, -0.2) is 4.98 Å².